The number of carboxylic acid groups (broad SMARTS) is 1. The topological polar surface area (TPSA) is 77.5 Å². The summed E-state index contributed by atoms with van der Waals surface area (Å²) < 4.78 is 0. The third kappa shape index (κ3) is 2.64. The fourth-order valence-electron chi connectivity index (χ4n) is 2.86. The molecule has 0 bridgehead atoms. The first-order valence-corrected chi connectivity index (χ1v) is 8.36. The highest BCUT2D eigenvalue weighted by molar-refractivity contribution is 8.02. The van der Waals surface area contributed by atoms with E-state index in [9.17, 15) is 19.5 Å². The van der Waals surface area contributed by atoms with E-state index < -0.39 is 22.5 Å². The molecule has 0 spiro atoms. The van der Waals surface area contributed by atoms with E-state index in [0.717, 1.165) is 16.7 Å². The van der Waals surface area contributed by atoms with Crippen LogP contribution in [0.1, 0.15) is 20.7 Å². The molecule has 5 nitrogen and oxygen atoms in total. The summed E-state index contributed by atoms with van der Waals surface area (Å²) in [5.74, 6) is -1.12. The Morgan fingerprint density at radius 3 is 2.04 bits per heavy atom. The number of carbonyl (C=O) groups is 3. The van der Waals surface area contributed by atoms with E-state index in [0.29, 0.717) is 4.90 Å². The van der Waals surface area contributed by atoms with Gasteiger partial charge in [-0.1, -0.05) is 60.3 Å². The Balaban J connectivity index is 2.20. The molecule has 0 radical (unpaired) electrons. The van der Waals surface area contributed by atoms with Crippen molar-refractivity contribution in [3.05, 3.63) is 78.4 Å². The summed E-state index contributed by atoms with van der Waals surface area (Å²) in [6, 6.07) is 15.1. The molecule has 0 saturated carbocycles. The average molecular weight is 352 g/mol. The highest BCUT2D eigenvalue weighted by atomic mass is 32.2. The zero-order valence-electron chi connectivity index (χ0n) is 13.2. The predicted molar refractivity (Wildman–Crippen MR) is 92.4 cm³/mol. The van der Waals surface area contributed by atoms with Gasteiger partial charge in [0.05, 0.1) is 0 Å². The molecular weight excluding hydrogens is 338 g/mol. The quantitative estimate of drug-likeness (QED) is 0.469. The molecular formula is C19H14NO4S-. The van der Waals surface area contributed by atoms with Crippen LogP contribution in [-0.4, -0.2) is 34.0 Å². The number of nitrogens with zero attached hydrogens (tertiary/aromatic N) is 1. The molecule has 126 valence electrons. The second kappa shape index (κ2) is 6.57. The molecule has 0 atom stereocenters. The Morgan fingerprint density at radius 1 is 1.04 bits per heavy atom. The first-order chi connectivity index (χ1) is 12.0. The SMILES string of the molecule is C=CCN(C(=O)[O-])C1(Sc2ccccc2)C(=O)c2ccccc2C1=O. The Hall–Kier alpha value is -2.86. The molecule has 25 heavy (non-hydrogen) atoms. The molecule has 2 aromatic carbocycles. The van der Waals surface area contributed by atoms with Crippen molar-refractivity contribution in [3.8, 4) is 0 Å². The van der Waals surface area contributed by atoms with Crippen LogP contribution in [0.3, 0.4) is 0 Å². The highest BCUT2D eigenvalue weighted by Crippen LogP contribution is 2.45. The molecule has 1 amide bonds. The number of amides is 1. The van der Waals surface area contributed by atoms with Crippen molar-refractivity contribution in [3.63, 3.8) is 0 Å². The van der Waals surface area contributed by atoms with Crippen LogP contribution in [0.2, 0.25) is 0 Å². The number of Topliss-reactive ketones (excluding diaryl/α,β-unsaturated/α-hetero) is 2. The van der Waals surface area contributed by atoms with Gasteiger partial charge >= 0.3 is 0 Å². The monoisotopic (exact) mass is 352 g/mol. The number of hydrogen-bond acceptors (Lipinski definition) is 5. The van der Waals surface area contributed by atoms with Gasteiger partial charge in [0.2, 0.25) is 16.4 Å². The summed E-state index contributed by atoms with van der Waals surface area (Å²) in [6.45, 7) is 3.33. The fraction of sp³-hybridized carbons (Fsp3) is 0.105. The molecule has 0 fully saturated rings. The molecule has 6 heteroatoms. The molecule has 0 N–H and O–H groups in total. The van der Waals surface area contributed by atoms with Gasteiger partial charge in [-0.05, 0) is 12.1 Å². The third-order valence-corrected chi connectivity index (χ3v) is 5.35. The van der Waals surface area contributed by atoms with Gasteiger partial charge in [-0.2, -0.15) is 0 Å². The smallest absolute Gasteiger partial charge is 0.220 e. The van der Waals surface area contributed by atoms with E-state index in [1.165, 1.54) is 18.2 Å². The number of fused-ring (bicyclic) bond motifs is 1. The summed E-state index contributed by atoms with van der Waals surface area (Å²) >= 11 is 0.906. The molecule has 0 aliphatic heterocycles. The molecule has 0 unspecified atom stereocenters. The number of thioether (sulfide) groups is 1. The van der Waals surface area contributed by atoms with Crippen LogP contribution in [0.25, 0.3) is 0 Å². The molecule has 3 rings (SSSR count). The number of rotatable bonds is 5. The van der Waals surface area contributed by atoms with E-state index >= 15 is 0 Å². The zero-order valence-corrected chi connectivity index (χ0v) is 14.0. The van der Waals surface area contributed by atoms with Crippen LogP contribution in [-0.2, 0) is 0 Å². The van der Waals surface area contributed by atoms with Crippen molar-refractivity contribution in [2.45, 2.75) is 9.77 Å². The Labute approximate surface area is 149 Å². The summed E-state index contributed by atoms with van der Waals surface area (Å²) in [6.07, 6.45) is -0.273. The van der Waals surface area contributed by atoms with E-state index in [1.54, 1.807) is 42.5 Å². The van der Waals surface area contributed by atoms with E-state index in [-0.39, 0.29) is 17.7 Å². The minimum Gasteiger partial charge on any atom is -0.530 e. The second-order valence-corrected chi connectivity index (χ2v) is 6.69. The zero-order chi connectivity index (χ0) is 18.0. The molecule has 1 aliphatic carbocycles. The van der Waals surface area contributed by atoms with Crippen LogP contribution in [0.5, 0.6) is 0 Å². The Morgan fingerprint density at radius 2 is 1.56 bits per heavy atom. The van der Waals surface area contributed by atoms with Crippen molar-refractivity contribution in [2.24, 2.45) is 0 Å². The van der Waals surface area contributed by atoms with Gasteiger partial charge < -0.3 is 14.8 Å². The van der Waals surface area contributed by atoms with Crippen LogP contribution in [0.4, 0.5) is 4.79 Å². The van der Waals surface area contributed by atoms with Gasteiger partial charge in [0.1, 0.15) is 6.09 Å². The maximum atomic E-state index is 13.1. The Kier molecular flexibility index (Phi) is 4.46. The van der Waals surface area contributed by atoms with E-state index in [1.807, 2.05) is 0 Å². The molecule has 1 aliphatic rings. The summed E-state index contributed by atoms with van der Waals surface area (Å²) in [4.78, 5) is 37.5. The standard InChI is InChI=1S/C19H15NO4S/c1-2-12-20(18(23)24)19(25-13-8-4-3-5-9-13)16(21)14-10-6-7-11-15(14)17(19)22/h2-11H,1,12H2,(H,23,24)/p-1. The summed E-state index contributed by atoms with van der Waals surface area (Å²) in [7, 11) is 0. The predicted octanol–water partition coefficient (Wildman–Crippen LogP) is 2.39. The summed E-state index contributed by atoms with van der Waals surface area (Å²) in [5.41, 5.74) is 0.428. The van der Waals surface area contributed by atoms with Gasteiger partial charge in [-0.3, -0.25) is 9.59 Å². The van der Waals surface area contributed by atoms with Crippen molar-refractivity contribution in [1.29, 1.82) is 0 Å². The number of hydrogen-bond donors (Lipinski definition) is 0. The first kappa shape index (κ1) is 17.0. The lowest BCUT2D eigenvalue weighted by Crippen LogP contribution is -2.60. The maximum Gasteiger partial charge on any atom is 0.220 e. The lowest BCUT2D eigenvalue weighted by Gasteiger charge is -2.39. The van der Waals surface area contributed by atoms with Gasteiger partial charge in [-0.25, -0.2) is 0 Å². The van der Waals surface area contributed by atoms with Gasteiger partial charge in [0.25, 0.3) is 0 Å². The normalized spacial score (nSPS) is 14.9. The van der Waals surface area contributed by atoms with Gasteiger partial charge in [-0.15, -0.1) is 6.58 Å². The van der Waals surface area contributed by atoms with Crippen molar-refractivity contribution < 1.29 is 19.5 Å². The third-order valence-electron chi connectivity index (χ3n) is 3.95. The highest BCUT2D eigenvalue weighted by Gasteiger charge is 2.57. The molecule has 0 aromatic heterocycles. The number of ketones is 2. The largest absolute Gasteiger partial charge is 0.530 e. The lowest BCUT2D eigenvalue weighted by molar-refractivity contribution is -0.266. The second-order valence-electron chi connectivity index (χ2n) is 5.43. The van der Waals surface area contributed by atoms with Crippen molar-refractivity contribution in [2.75, 3.05) is 6.54 Å². The van der Waals surface area contributed by atoms with Crippen molar-refractivity contribution >= 4 is 29.4 Å². The van der Waals surface area contributed by atoms with Crippen LogP contribution in [0.15, 0.2) is 72.1 Å². The summed E-state index contributed by atoms with van der Waals surface area (Å²) in [5, 5.41) is 11.8. The van der Waals surface area contributed by atoms with Crippen LogP contribution < -0.4 is 5.11 Å². The van der Waals surface area contributed by atoms with Crippen LogP contribution >= 0.6 is 11.8 Å². The number of benzene rings is 2. The molecule has 2 aromatic rings. The van der Waals surface area contributed by atoms with Crippen LogP contribution in [0, 0.1) is 0 Å². The average Bonchev–Trinajstić information content (AvgIpc) is 2.83. The van der Waals surface area contributed by atoms with E-state index in [4.69, 9.17) is 0 Å². The van der Waals surface area contributed by atoms with Gasteiger partial charge in [0.15, 0.2) is 0 Å². The molecule has 0 saturated heterocycles. The minimum absolute atomic E-state index is 0.201. The fourth-order valence-corrected chi connectivity index (χ4v) is 4.16. The van der Waals surface area contributed by atoms with Gasteiger partial charge in [0, 0.05) is 22.6 Å². The number of carbonyl (C=O) groups excluding carboxylic acids is 3. The first-order valence-electron chi connectivity index (χ1n) is 7.54. The maximum absolute atomic E-state index is 13.1. The van der Waals surface area contributed by atoms with Crippen molar-refractivity contribution in [1.82, 2.24) is 4.90 Å². The minimum atomic E-state index is -1.95. The lowest BCUT2D eigenvalue weighted by atomic mass is 10.1. The molecule has 0 heterocycles. The Bertz CT molecular complexity index is 828. The van der Waals surface area contributed by atoms with E-state index in [2.05, 4.69) is 6.58 Å².